The zero-order chi connectivity index (χ0) is 19.7. The van der Waals surface area contributed by atoms with Crippen molar-refractivity contribution in [1.29, 1.82) is 0 Å². The van der Waals surface area contributed by atoms with Gasteiger partial charge in [-0.15, -0.1) is 0 Å². The molecule has 2 amide bonds. The number of nitro groups is 1. The summed E-state index contributed by atoms with van der Waals surface area (Å²) in [5, 5.41) is 15.0. The maximum atomic E-state index is 12.3. The number of hydrazone groups is 1. The number of furan rings is 1. The molecule has 9 nitrogen and oxygen atoms in total. The molecule has 0 saturated carbocycles. The zero-order valence-corrected chi connectivity index (χ0v) is 15.0. The van der Waals surface area contributed by atoms with Gasteiger partial charge in [-0.3, -0.25) is 19.7 Å². The number of rotatable bonds is 4. The second-order valence-electron chi connectivity index (χ2n) is 5.99. The lowest BCUT2D eigenvalue weighted by Gasteiger charge is -2.13. The Morgan fingerprint density at radius 3 is 2.78 bits per heavy atom. The van der Waals surface area contributed by atoms with E-state index in [1.165, 1.54) is 12.1 Å². The summed E-state index contributed by atoms with van der Waals surface area (Å²) in [4.78, 5) is 34.0. The number of nitro benzene ring substituents is 1. The van der Waals surface area contributed by atoms with Gasteiger partial charge in [0.15, 0.2) is 5.76 Å². The highest BCUT2D eigenvalue weighted by Gasteiger charge is 2.27. The molecule has 0 spiro atoms. The van der Waals surface area contributed by atoms with Crippen molar-refractivity contribution in [3.05, 3.63) is 61.5 Å². The predicted molar refractivity (Wildman–Crippen MR) is 97.0 cm³/mol. The first-order valence-corrected chi connectivity index (χ1v) is 8.40. The van der Waals surface area contributed by atoms with Crippen LogP contribution in [0.2, 0.25) is 5.02 Å². The van der Waals surface area contributed by atoms with Gasteiger partial charge in [-0.05, 0) is 31.9 Å². The van der Waals surface area contributed by atoms with Crippen molar-refractivity contribution < 1.29 is 18.9 Å². The number of nitrogens with zero attached hydrogens (tertiary/aromatic N) is 2. The fourth-order valence-electron chi connectivity index (χ4n) is 2.99. The number of hydrogen-bond acceptors (Lipinski definition) is 6. The Kier molecular flexibility index (Phi) is 4.95. The number of nitrogens with two attached hydrogens (primary N) is 1. The Morgan fingerprint density at radius 2 is 2.11 bits per heavy atom. The van der Waals surface area contributed by atoms with Gasteiger partial charge in [0.2, 0.25) is 0 Å². The number of fused-ring (bicyclic) bond motifs is 1. The molecule has 1 aromatic heterocycles. The fraction of sp³-hybridized carbons (Fsp3) is 0.235. The largest absolute Gasteiger partial charge is 0.455 e. The molecule has 0 saturated heterocycles. The summed E-state index contributed by atoms with van der Waals surface area (Å²) in [5.41, 5.74) is 9.18. The van der Waals surface area contributed by atoms with Crippen LogP contribution in [0, 0.1) is 17.0 Å². The third-order valence-corrected chi connectivity index (χ3v) is 4.57. The quantitative estimate of drug-likeness (QED) is 0.609. The molecule has 27 heavy (non-hydrogen) atoms. The van der Waals surface area contributed by atoms with Gasteiger partial charge in [-0.1, -0.05) is 11.6 Å². The first-order chi connectivity index (χ1) is 12.8. The van der Waals surface area contributed by atoms with Crippen molar-refractivity contribution in [2.75, 3.05) is 0 Å². The van der Waals surface area contributed by atoms with E-state index < -0.39 is 16.7 Å². The van der Waals surface area contributed by atoms with Gasteiger partial charge in [-0.2, -0.15) is 5.10 Å². The molecule has 0 atom stereocenters. The molecule has 1 aromatic carbocycles. The molecule has 3 N–H and O–H groups in total. The third-order valence-electron chi connectivity index (χ3n) is 4.25. The zero-order valence-electron chi connectivity index (χ0n) is 14.2. The first-order valence-electron chi connectivity index (χ1n) is 8.03. The molecule has 0 aliphatic heterocycles. The SMILES string of the molecule is Cc1c(C(N)=O)oc2c1/C(=N/NC(=O)c1ccc(Cl)c([N+](=O)[O-])c1)CCC2. The maximum Gasteiger partial charge on any atom is 0.288 e. The summed E-state index contributed by atoms with van der Waals surface area (Å²) in [5.74, 6) is -0.610. The van der Waals surface area contributed by atoms with Crippen LogP contribution in [-0.4, -0.2) is 22.4 Å². The van der Waals surface area contributed by atoms with E-state index >= 15 is 0 Å². The number of amides is 2. The Morgan fingerprint density at radius 1 is 1.37 bits per heavy atom. The minimum atomic E-state index is -0.668. The Labute approximate surface area is 158 Å². The number of nitrogens with one attached hydrogen (secondary N) is 1. The lowest BCUT2D eigenvalue weighted by Crippen LogP contribution is -2.22. The molecule has 0 unspecified atom stereocenters. The molecular formula is C17H15ClN4O5. The number of aryl methyl sites for hydroxylation is 1. The van der Waals surface area contributed by atoms with Gasteiger partial charge < -0.3 is 10.2 Å². The van der Waals surface area contributed by atoms with E-state index in [2.05, 4.69) is 10.5 Å². The highest BCUT2D eigenvalue weighted by atomic mass is 35.5. The van der Waals surface area contributed by atoms with E-state index in [9.17, 15) is 19.7 Å². The second-order valence-corrected chi connectivity index (χ2v) is 6.40. The van der Waals surface area contributed by atoms with E-state index in [1.54, 1.807) is 6.92 Å². The van der Waals surface area contributed by atoms with Crippen LogP contribution in [0.5, 0.6) is 0 Å². The second kappa shape index (κ2) is 7.20. The van der Waals surface area contributed by atoms with E-state index in [1.807, 2.05) is 0 Å². The fourth-order valence-corrected chi connectivity index (χ4v) is 3.18. The number of halogens is 1. The summed E-state index contributed by atoms with van der Waals surface area (Å²) in [6.45, 7) is 1.70. The van der Waals surface area contributed by atoms with Crippen LogP contribution in [0.15, 0.2) is 27.7 Å². The summed E-state index contributed by atoms with van der Waals surface area (Å²) >= 11 is 5.75. The van der Waals surface area contributed by atoms with Crippen LogP contribution >= 0.6 is 11.6 Å². The number of hydrogen-bond donors (Lipinski definition) is 2. The van der Waals surface area contributed by atoms with Crippen molar-refractivity contribution in [3.8, 4) is 0 Å². The van der Waals surface area contributed by atoms with Crippen LogP contribution in [0.1, 0.15) is 50.6 Å². The normalized spacial score (nSPS) is 14.7. The van der Waals surface area contributed by atoms with Gasteiger partial charge in [0.25, 0.3) is 17.5 Å². The smallest absolute Gasteiger partial charge is 0.288 e. The van der Waals surface area contributed by atoms with Crippen LogP contribution in [-0.2, 0) is 6.42 Å². The highest BCUT2D eigenvalue weighted by molar-refractivity contribution is 6.32. The molecule has 10 heteroatoms. The van der Waals surface area contributed by atoms with Gasteiger partial charge >= 0.3 is 0 Å². The number of carbonyl (C=O) groups excluding carboxylic acids is 2. The number of carbonyl (C=O) groups is 2. The topological polar surface area (TPSA) is 141 Å². The van der Waals surface area contributed by atoms with Gasteiger partial charge in [-0.25, -0.2) is 5.43 Å². The van der Waals surface area contributed by atoms with Gasteiger partial charge in [0, 0.05) is 29.2 Å². The van der Waals surface area contributed by atoms with Crippen LogP contribution in [0.25, 0.3) is 0 Å². The molecule has 2 aromatic rings. The molecule has 3 rings (SSSR count). The standard InChI is InChI=1S/C17H15ClN4O5/c1-8-14-11(3-2-4-13(14)27-15(8)16(19)23)20-21-17(24)9-5-6-10(18)12(7-9)22(25)26/h5-7H,2-4H2,1H3,(H2,19,23)(H,21,24)/b20-11+. The van der Waals surface area contributed by atoms with Crippen molar-refractivity contribution in [3.63, 3.8) is 0 Å². The summed E-state index contributed by atoms with van der Waals surface area (Å²) in [6, 6.07) is 3.73. The highest BCUT2D eigenvalue weighted by Crippen LogP contribution is 2.29. The van der Waals surface area contributed by atoms with E-state index in [-0.39, 0.29) is 22.0 Å². The van der Waals surface area contributed by atoms with Gasteiger partial charge in [0.05, 0.1) is 10.6 Å². The molecule has 1 aliphatic carbocycles. The summed E-state index contributed by atoms with van der Waals surface area (Å²) < 4.78 is 5.52. The minimum Gasteiger partial charge on any atom is -0.455 e. The monoisotopic (exact) mass is 390 g/mol. The lowest BCUT2D eigenvalue weighted by molar-refractivity contribution is -0.384. The maximum absolute atomic E-state index is 12.3. The molecular weight excluding hydrogens is 376 g/mol. The van der Waals surface area contributed by atoms with E-state index in [4.69, 9.17) is 21.8 Å². The van der Waals surface area contributed by atoms with Crippen molar-refractivity contribution in [2.45, 2.75) is 26.2 Å². The van der Waals surface area contributed by atoms with Crippen molar-refractivity contribution in [2.24, 2.45) is 10.8 Å². The van der Waals surface area contributed by atoms with Gasteiger partial charge in [0.1, 0.15) is 10.8 Å². The van der Waals surface area contributed by atoms with E-state index in [0.717, 1.165) is 12.5 Å². The average Bonchev–Trinajstić information content (AvgIpc) is 2.97. The number of benzene rings is 1. The van der Waals surface area contributed by atoms with Crippen molar-refractivity contribution >= 4 is 34.8 Å². The van der Waals surface area contributed by atoms with Crippen LogP contribution in [0.4, 0.5) is 5.69 Å². The summed E-state index contributed by atoms with van der Waals surface area (Å²) in [6.07, 6.45) is 1.95. The Hall–Kier alpha value is -3.20. The minimum absolute atomic E-state index is 0.0493. The first kappa shape index (κ1) is 18.6. The molecule has 0 fully saturated rings. The Bertz CT molecular complexity index is 995. The molecule has 1 aliphatic rings. The van der Waals surface area contributed by atoms with Crippen LogP contribution < -0.4 is 11.2 Å². The van der Waals surface area contributed by atoms with Crippen LogP contribution in [0.3, 0.4) is 0 Å². The summed E-state index contributed by atoms with van der Waals surface area (Å²) in [7, 11) is 0. The average molecular weight is 391 g/mol. The molecule has 1 heterocycles. The predicted octanol–water partition coefficient (Wildman–Crippen LogP) is 2.72. The Balaban J connectivity index is 1.88. The lowest BCUT2D eigenvalue weighted by atomic mass is 9.93. The van der Waals surface area contributed by atoms with Crippen molar-refractivity contribution in [1.82, 2.24) is 5.43 Å². The third kappa shape index (κ3) is 3.54. The molecule has 0 radical (unpaired) electrons. The van der Waals surface area contributed by atoms with E-state index in [0.29, 0.717) is 35.4 Å². The molecule has 0 bridgehead atoms. The number of primary amides is 1. The molecule has 140 valence electrons.